The molecular weight excluding hydrogens is 270 g/mol. The summed E-state index contributed by atoms with van der Waals surface area (Å²) in [7, 11) is 0. The van der Waals surface area contributed by atoms with Crippen molar-refractivity contribution in [1.82, 2.24) is 5.32 Å². The minimum absolute atomic E-state index is 0.220. The zero-order valence-corrected chi connectivity index (χ0v) is 12.6. The van der Waals surface area contributed by atoms with E-state index in [0.29, 0.717) is 6.04 Å². The normalized spacial score (nSPS) is 22.1. The van der Waals surface area contributed by atoms with Crippen molar-refractivity contribution >= 4 is 17.5 Å². The van der Waals surface area contributed by atoms with Crippen LogP contribution >= 0.6 is 11.6 Å². The molecule has 3 rings (SSSR count). The Morgan fingerprint density at radius 2 is 1.90 bits per heavy atom. The summed E-state index contributed by atoms with van der Waals surface area (Å²) in [6.45, 7) is 0. The van der Waals surface area contributed by atoms with E-state index < -0.39 is 0 Å². The van der Waals surface area contributed by atoms with Crippen molar-refractivity contribution in [3.05, 3.63) is 34.9 Å². The Balaban J connectivity index is 1.76. The highest BCUT2D eigenvalue weighted by Gasteiger charge is 2.46. The highest BCUT2D eigenvalue weighted by atomic mass is 35.5. The lowest BCUT2D eigenvalue weighted by atomic mass is 9.63. The number of halogens is 1. The van der Waals surface area contributed by atoms with E-state index in [1.165, 1.54) is 19.3 Å². The lowest BCUT2D eigenvalue weighted by Gasteiger charge is -2.42. The molecule has 1 amide bonds. The van der Waals surface area contributed by atoms with Crippen LogP contribution in [0.3, 0.4) is 0 Å². The van der Waals surface area contributed by atoms with Gasteiger partial charge in [-0.1, -0.05) is 49.4 Å². The predicted molar refractivity (Wildman–Crippen MR) is 82.0 cm³/mol. The Hall–Kier alpha value is -1.02. The number of rotatable bonds is 3. The SMILES string of the molecule is O=C(NC1CCCCC1)C1(c2cccc(Cl)c2)CCC1. The number of nitrogens with one attached hydrogen (secondary N) is 1. The van der Waals surface area contributed by atoms with E-state index in [4.69, 9.17) is 11.6 Å². The van der Waals surface area contributed by atoms with Crippen molar-refractivity contribution in [2.45, 2.75) is 62.8 Å². The van der Waals surface area contributed by atoms with Gasteiger partial charge in [-0.05, 0) is 43.4 Å². The molecule has 0 heterocycles. The lowest BCUT2D eigenvalue weighted by Crippen LogP contribution is -2.52. The first kappa shape index (κ1) is 13.9. The van der Waals surface area contributed by atoms with E-state index in [9.17, 15) is 4.79 Å². The average molecular weight is 292 g/mol. The van der Waals surface area contributed by atoms with E-state index >= 15 is 0 Å². The Kier molecular flexibility index (Phi) is 4.02. The Morgan fingerprint density at radius 1 is 1.15 bits per heavy atom. The molecule has 2 saturated carbocycles. The third kappa shape index (κ3) is 2.58. The van der Waals surface area contributed by atoms with Crippen LogP contribution in [0.5, 0.6) is 0 Å². The molecule has 0 bridgehead atoms. The molecular formula is C17H22ClNO. The topological polar surface area (TPSA) is 29.1 Å². The fourth-order valence-corrected chi connectivity index (χ4v) is 3.72. The van der Waals surface area contributed by atoms with E-state index in [0.717, 1.165) is 42.7 Å². The number of hydrogen-bond acceptors (Lipinski definition) is 1. The zero-order valence-electron chi connectivity index (χ0n) is 11.8. The van der Waals surface area contributed by atoms with Gasteiger partial charge in [-0.25, -0.2) is 0 Å². The van der Waals surface area contributed by atoms with Crippen LogP contribution in [0.25, 0.3) is 0 Å². The minimum Gasteiger partial charge on any atom is -0.353 e. The molecule has 0 atom stereocenters. The van der Waals surface area contributed by atoms with Crippen molar-refractivity contribution in [3.8, 4) is 0 Å². The maximum absolute atomic E-state index is 12.8. The van der Waals surface area contributed by atoms with Crippen molar-refractivity contribution in [3.63, 3.8) is 0 Å². The second-order valence-corrected chi connectivity index (χ2v) is 6.69. The first-order valence-corrected chi connectivity index (χ1v) is 8.15. The van der Waals surface area contributed by atoms with E-state index in [1.54, 1.807) is 0 Å². The van der Waals surface area contributed by atoms with Gasteiger partial charge in [0.15, 0.2) is 0 Å². The predicted octanol–water partition coefficient (Wildman–Crippen LogP) is 4.21. The number of carbonyl (C=O) groups excluding carboxylic acids is 1. The third-order valence-electron chi connectivity index (χ3n) is 4.96. The van der Waals surface area contributed by atoms with Gasteiger partial charge in [0.25, 0.3) is 0 Å². The molecule has 2 fully saturated rings. The summed E-state index contributed by atoms with van der Waals surface area (Å²) in [6, 6.07) is 8.21. The monoisotopic (exact) mass is 291 g/mol. The molecule has 2 nitrogen and oxygen atoms in total. The van der Waals surface area contributed by atoms with Gasteiger partial charge in [-0.15, -0.1) is 0 Å². The van der Waals surface area contributed by atoms with Crippen molar-refractivity contribution < 1.29 is 4.79 Å². The molecule has 1 aromatic carbocycles. The van der Waals surface area contributed by atoms with Gasteiger partial charge in [-0.2, -0.15) is 0 Å². The standard InChI is InChI=1S/C17H22ClNO/c18-14-7-4-6-13(12-14)17(10-5-11-17)16(20)19-15-8-2-1-3-9-15/h4,6-7,12,15H,1-3,5,8-11H2,(H,19,20). The highest BCUT2D eigenvalue weighted by molar-refractivity contribution is 6.30. The van der Waals surface area contributed by atoms with Crippen LogP contribution in [0.4, 0.5) is 0 Å². The quantitative estimate of drug-likeness (QED) is 0.888. The molecule has 2 aliphatic carbocycles. The Labute approximate surface area is 125 Å². The van der Waals surface area contributed by atoms with Crippen LogP contribution in [0.15, 0.2) is 24.3 Å². The summed E-state index contributed by atoms with van der Waals surface area (Å²) in [4.78, 5) is 12.8. The van der Waals surface area contributed by atoms with Crippen molar-refractivity contribution in [2.24, 2.45) is 0 Å². The van der Waals surface area contributed by atoms with Gasteiger partial charge in [0, 0.05) is 11.1 Å². The second kappa shape index (κ2) is 5.77. The first-order valence-electron chi connectivity index (χ1n) is 7.78. The van der Waals surface area contributed by atoms with Crippen LogP contribution < -0.4 is 5.32 Å². The van der Waals surface area contributed by atoms with Gasteiger partial charge in [0.05, 0.1) is 5.41 Å². The summed E-state index contributed by atoms with van der Waals surface area (Å²) < 4.78 is 0. The van der Waals surface area contributed by atoms with E-state index in [1.807, 2.05) is 24.3 Å². The summed E-state index contributed by atoms with van der Waals surface area (Å²) in [5.41, 5.74) is 0.770. The molecule has 2 aliphatic rings. The molecule has 1 aromatic rings. The maximum Gasteiger partial charge on any atom is 0.230 e. The summed E-state index contributed by atoms with van der Waals surface area (Å²) >= 11 is 6.10. The van der Waals surface area contributed by atoms with Gasteiger partial charge < -0.3 is 5.32 Å². The lowest BCUT2D eigenvalue weighted by molar-refractivity contribution is -0.130. The number of benzene rings is 1. The smallest absolute Gasteiger partial charge is 0.230 e. The van der Waals surface area contributed by atoms with E-state index in [-0.39, 0.29) is 11.3 Å². The summed E-state index contributed by atoms with van der Waals surface area (Å²) in [5, 5.41) is 4.02. The van der Waals surface area contributed by atoms with Crippen LogP contribution in [0.2, 0.25) is 5.02 Å². The van der Waals surface area contributed by atoms with Crippen LogP contribution in [-0.4, -0.2) is 11.9 Å². The second-order valence-electron chi connectivity index (χ2n) is 6.25. The van der Waals surface area contributed by atoms with Gasteiger partial charge >= 0.3 is 0 Å². The molecule has 1 N–H and O–H groups in total. The number of hydrogen-bond donors (Lipinski definition) is 1. The van der Waals surface area contributed by atoms with E-state index in [2.05, 4.69) is 5.32 Å². The fraction of sp³-hybridized carbons (Fsp3) is 0.588. The molecule has 3 heteroatoms. The highest BCUT2D eigenvalue weighted by Crippen LogP contribution is 2.44. The molecule has 0 unspecified atom stereocenters. The maximum atomic E-state index is 12.8. The summed E-state index contributed by atoms with van der Waals surface area (Å²) in [6.07, 6.45) is 9.10. The first-order chi connectivity index (χ1) is 9.71. The molecule has 0 radical (unpaired) electrons. The number of amides is 1. The Bertz CT molecular complexity index is 490. The molecule has 20 heavy (non-hydrogen) atoms. The van der Waals surface area contributed by atoms with Crippen LogP contribution in [-0.2, 0) is 10.2 Å². The van der Waals surface area contributed by atoms with Gasteiger partial charge in [0.2, 0.25) is 5.91 Å². The van der Waals surface area contributed by atoms with Crippen molar-refractivity contribution in [2.75, 3.05) is 0 Å². The summed E-state index contributed by atoms with van der Waals surface area (Å²) in [5.74, 6) is 0.220. The molecule has 0 aromatic heterocycles. The molecule has 0 spiro atoms. The van der Waals surface area contributed by atoms with Crippen LogP contribution in [0, 0.1) is 0 Å². The van der Waals surface area contributed by atoms with Crippen LogP contribution in [0.1, 0.15) is 56.9 Å². The third-order valence-corrected chi connectivity index (χ3v) is 5.19. The fourth-order valence-electron chi connectivity index (χ4n) is 3.53. The minimum atomic E-state index is -0.317. The average Bonchev–Trinajstić information content (AvgIpc) is 2.38. The number of carbonyl (C=O) groups is 1. The van der Waals surface area contributed by atoms with Gasteiger partial charge in [0.1, 0.15) is 0 Å². The van der Waals surface area contributed by atoms with Gasteiger partial charge in [-0.3, -0.25) is 4.79 Å². The Morgan fingerprint density at radius 3 is 2.50 bits per heavy atom. The van der Waals surface area contributed by atoms with Crippen molar-refractivity contribution in [1.29, 1.82) is 0 Å². The zero-order chi connectivity index (χ0) is 14.0. The largest absolute Gasteiger partial charge is 0.353 e. The molecule has 0 saturated heterocycles. The molecule has 0 aliphatic heterocycles. The molecule has 108 valence electrons.